The summed E-state index contributed by atoms with van der Waals surface area (Å²) in [5.74, 6) is -0.179. The number of hydrogen-bond donors (Lipinski definition) is 4. The normalized spacial score (nSPS) is 15.0. The first-order valence-electron chi connectivity index (χ1n) is 22.9. The molecule has 16 nitrogen and oxygen atoms in total. The topological polar surface area (TPSA) is 237 Å². The number of aromatic nitrogens is 4. The maximum absolute atomic E-state index is 13.4. The van der Waals surface area contributed by atoms with E-state index < -0.39 is 18.3 Å². The van der Waals surface area contributed by atoms with Crippen LogP contribution in [0.15, 0.2) is 126 Å². The summed E-state index contributed by atoms with van der Waals surface area (Å²) >= 11 is 3.15. The number of benzene rings is 6. The van der Waals surface area contributed by atoms with Crippen LogP contribution in [-0.2, 0) is 35.5 Å². The van der Waals surface area contributed by atoms with E-state index in [2.05, 4.69) is 35.9 Å². The standard InChI is InChI=1S/C24H18N4O3.C23H25BN4O3.C7H5BrO2/c25-24-26-21-8-5-14(19-7-6-18(30)9-17(19)13-29)10-20(21)22(27-24)23(31)28-11-15-3-1-2-4-16(15)12-28;1-22(2)23(3,4)31-24(30-22)16-9-10-18-17(11-16)19(27-21(25)26-18)20(29)28-12-14-7-5-6-8-15(14)13-28;8-7-2-1-6(10)3-5(7)4-9/h1-10,13,30H,11-12H2,(H2,25,26,27);5-11H,12-13H2,1-4H3,(H2,25,26,27);1-4,10H. The molecule has 1 saturated heterocycles. The number of aromatic hydroxyl groups is 2. The molecule has 18 heteroatoms. The Kier molecular flexibility index (Phi) is 13.3. The van der Waals surface area contributed by atoms with Gasteiger partial charge in [0.1, 0.15) is 22.9 Å². The summed E-state index contributed by atoms with van der Waals surface area (Å²) in [4.78, 5) is 69.3. The predicted molar refractivity (Wildman–Crippen MR) is 277 cm³/mol. The second-order valence-corrected chi connectivity index (χ2v) is 19.4. The van der Waals surface area contributed by atoms with Gasteiger partial charge >= 0.3 is 7.12 Å². The highest BCUT2D eigenvalue weighted by molar-refractivity contribution is 9.10. The van der Waals surface area contributed by atoms with Crippen LogP contribution < -0.4 is 16.9 Å². The van der Waals surface area contributed by atoms with Gasteiger partial charge in [-0.1, -0.05) is 82.7 Å². The summed E-state index contributed by atoms with van der Waals surface area (Å²) in [7, 11) is -0.536. The smallest absolute Gasteiger partial charge is 0.494 e. The van der Waals surface area contributed by atoms with Crippen LogP contribution in [0.5, 0.6) is 11.5 Å². The first kappa shape index (κ1) is 48.9. The SMILES string of the molecule is CC1(C)OB(c2ccc3nc(N)nc(C(=O)N4Cc5ccccc5C4)c3c2)OC1(C)C.Nc1nc(C(=O)N2Cc3ccccc3C2)c2cc(-c3ccc(O)cc3C=O)ccc2n1.O=Cc1cc(O)ccc1Br. The van der Waals surface area contributed by atoms with Crippen molar-refractivity contribution in [2.45, 2.75) is 65.1 Å². The molecule has 2 amide bonds. The molecule has 3 aliphatic heterocycles. The number of carbonyl (C=O) groups is 4. The van der Waals surface area contributed by atoms with Crippen molar-refractivity contribution in [1.82, 2.24) is 29.7 Å². The quantitative estimate of drug-likeness (QED) is 0.0908. The molecule has 0 bridgehead atoms. The summed E-state index contributed by atoms with van der Waals surface area (Å²) in [6.07, 6.45) is 1.37. The van der Waals surface area contributed by atoms with Crippen molar-refractivity contribution in [3.63, 3.8) is 0 Å². The van der Waals surface area contributed by atoms with Crippen molar-refractivity contribution in [2.24, 2.45) is 0 Å². The maximum atomic E-state index is 13.4. The summed E-state index contributed by atoms with van der Waals surface area (Å²) < 4.78 is 13.1. The first-order valence-corrected chi connectivity index (χ1v) is 23.7. The van der Waals surface area contributed by atoms with E-state index in [1.54, 1.807) is 40.1 Å². The largest absolute Gasteiger partial charge is 0.508 e. The Hall–Kier alpha value is -8.06. The number of carbonyl (C=O) groups excluding carboxylic acids is 4. The van der Waals surface area contributed by atoms with E-state index in [1.165, 1.54) is 24.3 Å². The van der Waals surface area contributed by atoms with Gasteiger partial charge in [-0.15, -0.1) is 0 Å². The van der Waals surface area contributed by atoms with E-state index in [-0.39, 0.29) is 40.9 Å². The van der Waals surface area contributed by atoms with Crippen LogP contribution in [0.3, 0.4) is 0 Å². The number of phenolic OH excluding ortho intramolecular Hbond substituents is 2. The highest BCUT2D eigenvalue weighted by Crippen LogP contribution is 2.37. The molecule has 0 unspecified atom stereocenters. The highest BCUT2D eigenvalue weighted by Gasteiger charge is 2.51. The molecule has 1 fully saturated rings. The van der Waals surface area contributed by atoms with Gasteiger partial charge in [0.05, 0.1) is 22.2 Å². The van der Waals surface area contributed by atoms with Crippen LogP contribution >= 0.6 is 15.9 Å². The number of nitrogens with two attached hydrogens (primary N) is 2. The lowest BCUT2D eigenvalue weighted by atomic mass is 9.78. The molecule has 6 aromatic carbocycles. The third kappa shape index (κ3) is 9.84. The molecule has 0 saturated carbocycles. The summed E-state index contributed by atoms with van der Waals surface area (Å²) in [5.41, 5.74) is 20.1. The van der Waals surface area contributed by atoms with Crippen LogP contribution in [0.2, 0.25) is 0 Å². The van der Waals surface area contributed by atoms with Crippen molar-refractivity contribution in [1.29, 1.82) is 0 Å². The fraction of sp³-hybridized carbons (Fsp3) is 0.185. The molecule has 11 rings (SSSR count). The number of fused-ring (bicyclic) bond motifs is 4. The number of phenols is 2. The molecule has 8 aromatic rings. The third-order valence-corrected chi connectivity index (χ3v) is 13.9. The van der Waals surface area contributed by atoms with Gasteiger partial charge < -0.3 is 40.8 Å². The van der Waals surface area contributed by atoms with Crippen LogP contribution in [-0.4, -0.2) is 82.7 Å². The average molecular weight is 1030 g/mol. The van der Waals surface area contributed by atoms with E-state index in [0.717, 1.165) is 27.7 Å². The lowest BCUT2D eigenvalue weighted by Gasteiger charge is -2.32. The van der Waals surface area contributed by atoms with Crippen molar-refractivity contribution >= 4 is 86.6 Å². The van der Waals surface area contributed by atoms with E-state index in [1.807, 2.05) is 94.4 Å². The number of hydrogen-bond acceptors (Lipinski definition) is 14. The number of amides is 2. The first-order chi connectivity index (χ1) is 34.4. The number of anilines is 2. The van der Waals surface area contributed by atoms with Gasteiger partial charge in [0.2, 0.25) is 11.9 Å². The minimum Gasteiger partial charge on any atom is -0.508 e. The van der Waals surface area contributed by atoms with Gasteiger partial charge in [-0.2, -0.15) is 0 Å². The minimum atomic E-state index is -0.536. The van der Waals surface area contributed by atoms with E-state index >= 15 is 0 Å². The number of aldehydes is 2. The van der Waals surface area contributed by atoms with Gasteiger partial charge in [0, 0.05) is 52.6 Å². The molecule has 0 radical (unpaired) electrons. The van der Waals surface area contributed by atoms with E-state index in [4.69, 9.17) is 25.9 Å². The van der Waals surface area contributed by atoms with Gasteiger partial charge in [-0.05, 0) is 121 Å². The number of nitrogen functional groups attached to an aromatic ring is 2. The lowest BCUT2D eigenvalue weighted by Crippen LogP contribution is -2.41. The maximum Gasteiger partial charge on any atom is 0.494 e. The molecular formula is C54H48BBrN8O8. The zero-order chi connectivity index (χ0) is 51.1. The van der Waals surface area contributed by atoms with Crippen LogP contribution in [0.4, 0.5) is 11.9 Å². The molecule has 0 spiro atoms. The molecule has 6 N–H and O–H groups in total. The Balaban J connectivity index is 0.000000149. The Bertz CT molecular complexity index is 3420. The zero-order valence-electron chi connectivity index (χ0n) is 39.7. The van der Waals surface area contributed by atoms with Gasteiger partial charge in [0.15, 0.2) is 12.6 Å². The zero-order valence-corrected chi connectivity index (χ0v) is 41.3. The number of nitrogens with zero attached hydrogens (tertiary/aromatic N) is 6. The number of rotatable bonds is 6. The molecule has 3 aliphatic rings. The second-order valence-electron chi connectivity index (χ2n) is 18.5. The van der Waals surface area contributed by atoms with Crippen LogP contribution in [0.1, 0.15) is 91.6 Å². The Morgan fingerprint density at radius 1 is 0.597 bits per heavy atom. The Morgan fingerprint density at radius 3 is 1.51 bits per heavy atom. The Labute approximate surface area is 422 Å². The lowest BCUT2D eigenvalue weighted by molar-refractivity contribution is 0.00578. The Morgan fingerprint density at radius 2 is 1.04 bits per heavy atom. The summed E-state index contributed by atoms with van der Waals surface area (Å²) in [5, 5.41) is 19.8. The molecule has 2 aromatic heterocycles. The van der Waals surface area contributed by atoms with Crippen molar-refractivity contribution in [2.75, 3.05) is 11.5 Å². The molecule has 0 atom stereocenters. The van der Waals surface area contributed by atoms with Crippen molar-refractivity contribution in [3.05, 3.63) is 171 Å². The summed E-state index contributed by atoms with van der Waals surface area (Å²) in [6, 6.07) is 36.1. The third-order valence-electron chi connectivity index (χ3n) is 13.2. The molecular weight excluding hydrogens is 979 g/mol. The monoisotopic (exact) mass is 1030 g/mol. The van der Waals surface area contributed by atoms with E-state index in [0.29, 0.717) is 93.0 Å². The molecule has 0 aliphatic carbocycles. The summed E-state index contributed by atoms with van der Waals surface area (Å²) in [6.45, 7) is 10.2. The van der Waals surface area contributed by atoms with Crippen molar-refractivity contribution in [3.8, 4) is 22.6 Å². The number of halogens is 1. The van der Waals surface area contributed by atoms with Crippen LogP contribution in [0.25, 0.3) is 32.9 Å². The van der Waals surface area contributed by atoms with Gasteiger partial charge in [-0.3, -0.25) is 19.2 Å². The second kappa shape index (κ2) is 19.6. The van der Waals surface area contributed by atoms with Crippen LogP contribution in [0, 0.1) is 0 Å². The van der Waals surface area contributed by atoms with Gasteiger partial charge in [0.25, 0.3) is 11.8 Å². The average Bonchev–Trinajstić information content (AvgIpc) is 4.07. The fourth-order valence-electron chi connectivity index (χ4n) is 8.71. The predicted octanol–water partition coefficient (Wildman–Crippen LogP) is 8.19. The molecule has 72 heavy (non-hydrogen) atoms. The van der Waals surface area contributed by atoms with Gasteiger partial charge in [-0.25, -0.2) is 19.9 Å². The van der Waals surface area contributed by atoms with Crippen molar-refractivity contribution < 1.29 is 38.7 Å². The molecule has 362 valence electrons. The molecule has 5 heterocycles. The fourth-order valence-corrected chi connectivity index (χ4v) is 9.05. The highest BCUT2D eigenvalue weighted by atomic mass is 79.9. The minimum absolute atomic E-state index is 0.00668. The van der Waals surface area contributed by atoms with E-state index in [9.17, 15) is 24.3 Å².